The van der Waals surface area contributed by atoms with Crippen molar-refractivity contribution < 1.29 is 18.3 Å². The lowest BCUT2D eigenvalue weighted by molar-refractivity contribution is -0.154. The van der Waals surface area contributed by atoms with Gasteiger partial charge in [0.1, 0.15) is 11.6 Å². The molecule has 8 heteroatoms. The third-order valence-electron chi connectivity index (χ3n) is 7.35. The highest BCUT2D eigenvalue weighted by Gasteiger charge is 2.52. The molecular formula is C25H38FN3O3Si. The van der Waals surface area contributed by atoms with Gasteiger partial charge in [-0.3, -0.25) is 9.78 Å². The molecule has 1 aliphatic rings. The van der Waals surface area contributed by atoms with E-state index >= 15 is 4.39 Å². The highest BCUT2D eigenvalue weighted by Crippen LogP contribution is 2.45. The number of hydrogen-bond donors (Lipinski definition) is 0. The van der Waals surface area contributed by atoms with Gasteiger partial charge in [-0.1, -0.05) is 20.8 Å². The standard InChI is InChI=1S/C25H38FN3O3Si/c1-9-31-23(30)25(13-12-20(19(26)14-25)32-33(7,8)24(4,5)6)21-15-28-22(16-27-21)29-17(2)10-11-18(29)3/h10-11,15-16,19-20H,9,12-14H2,1-8H3/t19-,20-,25-/m0/s1. The fourth-order valence-corrected chi connectivity index (χ4v) is 5.71. The molecule has 33 heavy (non-hydrogen) atoms. The number of hydrogen-bond acceptors (Lipinski definition) is 5. The Morgan fingerprint density at radius 1 is 1.21 bits per heavy atom. The topological polar surface area (TPSA) is 66.2 Å². The first-order valence-electron chi connectivity index (χ1n) is 11.8. The Balaban J connectivity index is 1.90. The zero-order valence-electron chi connectivity index (χ0n) is 21.2. The van der Waals surface area contributed by atoms with E-state index in [0.717, 1.165) is 11.4 Å². The lowest BCUT2D eigenvalue weighted by Gasteiger charge is -2.44. The minimum Gasteiger partial charge on any atom is -0.465 e. The van der Waals surface area contributed by atoms with Crippen LogP contribution < -0.4 is 0 Å². The number of halogens is 1. The van der Waals surface area contributed by atoms with Gasteiger partial charge in [-0.05, 0) is 63.9 Å². The van der Waals surface area contributed by atoms with Crippen LogP contribution in [-0.2, 0) is 19.4 Å². The molecule has 0 bridgehead atoms. The highest BCUT2D eigenvalue weighted by atomic mass is 28.4. The van der Waals surface area contributed by atoms with Gasteiger partial charge in [-0.2, -0.15) is 0 Å². The molecule has 182 valence electrons. The first kappa shape index (κ1) is 25.6. The van der Waals surface area contributed by atoms with E-state index in [0.29, 0.717) is 24.4 Å². The Kier molecular flexibility index (Phi) is 7.20. The van der Waals surface area contributed by atoms with Crippen molar-refractivity contribution in [2.75, 3.05) is 6.61 Å². The molecule has 0 aliphatic heterocycles. The monoisotopic (exact) mass is 475 g/mol. The summed E-state index contributed by atoms with van der Waals surface area (Å²) in [5.41, 5.74) is 1.39. The van der Waals surface area contributed by atoms with Crippen molar-refractivity contribution in [2.24, 2.45) is 0 Å². The van der Waals surface area contributed by atoms with Gasteiger partial charge in [0.2, 0.25) is 0 Å². The van der Waals surface area contributed by atoms with Gasteiger partial charge in [0.05, 0.1) is 30.8 Å². The van der Waals surface area contributed by atoms with Crippen LogP contribution in [0.25, 0.3) is 5.82 Å². The number of rotatable bonds is 6. The van der Waals surface area contributed by atoms with E-state index in [4.69, 9.17) is 9.16 Å². The molecule has 0 unspecified atom stereocenters. The summed E-state index contributed by atoms with van der Waals surface area (Å²) in [6.07, 6.45) is 2.29. The van der Waals surface area contributed by atoms with Crippen LogP contribution in [0.15, 0.2) is 24.5 Å². The Morgan fingerprint density at radius 2 is 1.85 bits per heavy atom. The number of ether oxygens (including phenoxy) is 1. The maximum absolute atomic E-state index is 15.6. The van der Waals surface area contributed by atoms with Gasteiger partial charge >= 0.3 is 5.97 Å². The molecule has 3 rings (SSSR count). The highest BCUT2D eigenvalue weighted by molar-refractivity contribution is 6.74. The van der Waals surface area contributed by atoms with Gasteiger partial charge in [0.25, 0.3) is 0 Å². The predicted molar refractivity (Wildman–Crippen MR) is 130 cm³/mol. The minimum absolute atomic E-state index is 0.0132. The molecule has 2 aromatic rings. The zero-order chi connectivity index (χ0) is 24.6. The van der Waals surface area contributed by atoms with Crippen LogP contribution in [0.3, 0.4) is 0 Å². The smallest absolute Gasteiger partial charge is 0.318 e. The fraction of sp³-hybridized carbons (Fsp3) is 0.640. The van der Waals surface area contributed by atoms with Crippen LogP contribution in [0.4, 0.5) is 4.39 Å². The zero-order valence-corrected chi connectivity index (χ0v) is 22.2. The van der Waals surface area contributed by atoms with E-state index < -0.39 is 32.0 Å². The summed E-state index contributed by atoms with van der Waals surface area (Å²) in [5.74, 6) is 0.235. The Hall–Kier alpha value is -2.06. The summed E-state index contributed by atoms with van der Waals surface area (Å²) in [4.78, 5) is 22.3. The van der Waals surface area contributed by atoms with E-state index in [9.17, 15) is 4.79 Å². The van der Waals surface area contributed by atoms with Crippen LogP contribution in [0, 0.1) is 13.8 Å². The van der Waals surface area contributed by atoms with E-state index in [2.05, 4.69) is 43.8 Å². The van der Waals surface area contributed by atoms with Crippen LogP contribution in [0.5, 0.6) is 0 Å². The third-order valence-corrected chi connectivity index (χ3v) is 11.9. The molecule has 0 aromatic carbocycles. The number of nitrogens with zero attached hydrogens (tertiary/aromatic N) is 3. The van der Waals surface area contributed by atoms with Crippen molar-refractivity contribution in [1.29, 1.82) is 0 Å². The second-order valence-electron chi connectivity index (χ2n) is 10.7. The molecule has 3 atom stereocenters. The summed E-state index contributed by atoms with van der Waals surface area (Å²) < 4.78 is 29.4. The van der Waals surface area contributed by atoms with Gasteiger partial charge in [-0.25, -0.2) is 9.37 Å². The summed E-state index contributed by atoms with van der Waals surface area (Å²) in [6, 6.07) is 4.03. The van der Waals surface area contributed by atoms with Crippen molar-refractivity contribution >= 4 is 14.3 Å². The van der Waals surface area contributed by atoms with Gasteiger partial charge in [0, 0.05) is 17.8 Å². The van der Waals surface area contributed by atoms with E-state index in [1.807, 2.05) is 30.5 Å². The van der Waals surface area contributed by atoms with Crippen LogP contribution in [0.1, 0.15) is 64.0 Å². The molecule has 1 saturated carbocycles. The average molecular weight is 476 g/mol. The summed E-state index contributed by atoms with van der Waals surface area (Å²) in [6.45, 7) is 16.7. The second-order valence-corrected chi connectivity index (χ2v) is 15.4. The molecule has 0 radical (unpaired) electrons. The van der Waals surface area contributed by atoms with Gasteiger partial charge in [0.15, 0.2) is 14.1 Å². The normalized spacial score (nSPS) is 24.0. The minimum atomic E-state index is -2.14. The van der Waals surface area contributed by atoms with E-state index in [-0.39, 0.29) is 18.1 Å². The Morgan fingerprint density at radius 3 is 2.33 bits per heavy atom. The van der Waals surface area contributed by atoms with E-state index in [1.54, 1.807) is 19.3 Å². The molecule has 2 aromatic heterocycles. The van der Waals surface area contributed by atoms with Crippen molar-refractivity contribution in [3.63, 3.8) is 0 Å². The summed E-state index contributed by atoms with van der Waals surface area (Å²) >= 11 is 0. The van der Waals surface area contributed by atoms with Crippen molar-refractivity contribution in [2.45, 2.75) is 96.6 Å². The number of aryl methyl sites for hydroxylation is 2. The van der Waals surface area contributed by atoms with Crippen LogP contribution in [-0.4, -0.2) is 47.7 Å². The second kappa shape index (κ2) is 9.29. The average Bonchev–Trinajstić information content (AvgIpc) is 3.07. The number of carbonyl (C=O) groups excluding carboxylic acids is 1. The maximum Gasteiger partial charge on any atom is 0.318 e. The van der Waals surface area contributed by atoms with Gasteiger partial charge in [-0.15, -0.1) is 0 Å². The quantitative estimate of drug-likeness (QED) is 0.402. The summed E-state index contributed by atoms with van der Waals surface area (Å²) in [5, 5.41) is -0.0154. The molecule has 6 nitrogen and oxygen atoms in total. The Bertz CT molecular complexity index is 964. The predicted octanol–water partition coefficient (Wildman–Crippen LogP) is 5.60. The fourth-order valence-electron chi connectivity index (χ4n) is 4.33. The van der Waals surface area contributed by atoms with Crippen molar-refractivity contribution in [1.82, 2.24) is 14.5 Å². The van der Waals surface area contributed by atoms with Crippen LogP contribution in [0.2, 0.25) is 18.1 Å². The molecule has 0 saturated heterocycles. The molecular weight excluding hydrogens is 437 g/mol. The van der Waals surface area contributed by atoms with Gasteiger partial charge < -0.3 is 13.7 Å². The number of carbonyl (C=O) groups is 1. The van der Waals surface area contributed by atoms with E-state index in [1.165, 1.54) is 0 Å². The first-order chi connectivity index (χ1) is 15.3. The summed E-state index contributed by atoms with van der Waals surface area (Å²) in [7, 11) is -2.14. The SMILES string of the molecule is CCOC(=O)[C@@]1(c2cnc(-n3c(C)ccc3C)cn2)CC[C@H](O[Si](C)(C)C(C)(C)C)[C@@H](F)C1. The lowest BCUT2D eigenvalue weighted by Crippen LogP contribution is -2.52. The molecule has 0 spiro atoms. The molecule has 0 amide bonds. The molecule has 1 fully saturated rings. The molecule has 1 aliphatic carbocycles. The van der Waals surface area contributed by atoms with Crippen LogP contribution >= 0.6 is 0 Å². The number of esters is 1. The molecule has 2 heterocycles. The third kappa shape index (κ3) is 4.92. The van der Waals surface area contributed by atoms with Crippen molar-refractivity contribution in [3.05, 3.63) is 41.6 Å². The lowest BCUT2D eigenvalue weighted by atomic mass is 9.70. The number of alkyl halides is 1. The number of aromatic nitrogens is 3. The Labute approximate surface area is 198 Å². The first-order valence-corrected chi connectivity index (χ1v) is 14.7. The van der Waals surface area contributed by atoms with Crippen molar-refractivity contribution in [3.8, 4) is 5.82 Å². The largest absolute Gasteiger partial charge is 0.465 e. The molecule has 0 N–H and O–H groups in total. The maximum atomic E-state index is 15.6.